The predicted octanol–water partition coefficient (Wildman–Crippen LogP) is 3.51. The zero-order chi connectivity index (χ0) is 20.1. The van der Waals surface area contributed by atoms with Crippen molar-refractivity contribution in [1.29, 1.82) is 0 Å². The van der Waals surface area contributed by atoms with Crippen LogP contribution in [0.1, 0.15) is 53.6 Å². The number of benzene rings is 1. The zero-order valence-corrected chi connectivity index (χ0v) is 17.4. The second kappa shape index (κ2) is 9.24. The summed E-state index contributed by atoms with van der Waals surface area (Å²) in [5, 5.41) is 4.01. The van der Waals surface area contributed by atoms with Crippen molar-refractivity contribution in [3.63, 3.8) is 0 Å². The van der Waals surface area contributed by atoms with E-state index in [4.69, 9.17) is 9.26 Å². The molecular weight excluding hydrogens is 354 g/mol. The fraction of sp³-hybridized carbons (Fsp3) is 0.545. The Morgan fingerprint density at radius 2 is 1.86 bits per heavy atom. The maximum Gasteiger partial charge on any atom is 0.259 e. The Bertz CT molecular complexity index is 775. The highest BCUT2D eigenvalue weighted by atomic mass is 16.5. The lowest BCUT2D eigenvalue weighted by Crippen LogP contribution is -2.49. The van der Waals surface area contributed by atoms with Crippen LogP contribution in [0.5, 0.6) is 5.75 Å². The monoisotopic (exact) mass is 385 g/mol. The molecular formula is C22H31N3O3. The number of nitrogens with zero attached hydrogens (tertiary/aromatic N) is 3. The summed E-state index contributed by atoms with van der Waals surface area (Å²) in [6.07, 6.45) is 2.17. The van der Waals surface area contributed by atoms with Gasteiger partial charge < -0.3 is 14.2 Å². The number of hydrogen-bond acceptors (Lipinski definition) is 5. The number of amides is 1. The molecule has 0 bridgehead atoms. The average molecular weight is 386 g/mol. The van der Waals surface area contributed by atoms with Crippen LogP contribution in [0, 0.1) is 6.92 Å². The van der Waals surface area contributed by atoms with Crippen molar-refractivity contribution in [2.45, 2.75) is 39.5 Å². The number of methoxy groups -OCH3 is 1. The van der Waals surface area contributed by atoms with E-state index in [9.17, 15) is 4.79 Å². The van der Waals surface area contributed by atoms with E-state index < -0.39 is 0 Å². The third-order valence-electron chi connectivity index (χ3n) is 5.39. The topological polar surface area (TPSA) is 58.8 Å². The van der Waals surface area contributed by atoms with E-state index in [2.05, 4.69) is 22.2 Å². The fourth-order valence-corrected chi connectivity index (χ4v) is 3.67. The normalized spacial score (nSPS) is 15.2. The molecule has 6 heteroatoms. The summed E-state index contributed by atoms with van der Waals surface area (Å²) in [6.45, 7) is 10.3. The Hall–Kier alpha value is -2.34. The van der Waals surface area contributed by atoms with Gasteiger partial charge in [-0.05, 0) is 44.0 Å². The number of hydrogen-bond donors (Lipinski definition) is 0. The van der Waals surface area contributed by atoms with Crippen LogP contribution >= 0.6 is 0 Å². The van der Waals surface area contributed by atoms with Crippen molar-refractivity contribution in [3.8, 4) is 5.75 Å². The summed E-state index contributed by atoms with van der Waals surface area (Å²) in [7, 11) is 1.69. The maximum absolute atomic E-state index is 13.0. The highest BCUT2D eigenvalue weighted by molar-refractivity contribution is 5.96. The predicted molar refractivity (Wildman–Crippen MR) is 109 cm³/mol. The zero-order valence-electron chi connectivity index (χ0n) is 17.4. The molecule has 1 amide bonds. The molecule has 2 aromatic rings. The van der Waals surface area contributed by atoms with Gasteiger partial charge in [-0.1, -0.05) is 31.1 Å². The van der Waals surface area contributed by atoms with E-state index >= 15 is 0 Å². The Kier molecular flexibility index (Phi) is 6.73. The van der Waals surface area contributed by atoms with Crippen LogP contribution in [-0.2, 0) is 6.42 Å². The molecule has 3 rings (SSSR count). The average Bonchev–Trinajstić information content (AvgIpc) is 3.10. The Labute approximate surface area is 167 Å². The molecule has 6 nitrogen and oxygen atoms in total. The van der Waals surface area contributed by atoms with Crippen LogP contribution in [0.15, 0.2) is 28.8 Å². The lowest BCUT2D eigenvalue weighted by molar-refractivity contribution is 0.0632. The first-order chi connectivity index (χ1) is 13.5. The van der Waals surface area contributed by atoms with E-state index in [1.54, 1.807) is 7.11 Å². The molecule has 1 aliphatic heterocycles. The van der Waals surface area contributed by atoms with Crippen LogP contribution in [0.4, 0.5) is 0 Å². The first-order valence-electron chi connectivity index (χ1n) is 10.1. The molecule has 0 N–H and O–H groups in total. The number of carbonyl (C=O) groups is 1. The van der Waals surface area contributed by atoms with Crippen molar-refractivity contribution < 1.29 is 14.1 Å². The van der Waals surface area contributed by atoms with Crippen LogP contribution < -0.4 is 4.74 Å². The first-order valence-corrected chi connectivity index (χ1v) is 10.1. The van der Waals surface area contributed by atoms with E-state index in [0.29, 0.717) is 17.0 Å². The number of aryl methyl sites for hydroxylation is 2. The standard InChI is InChI=1S/C22H31N3O3/c1-16(2)21-20(17(3)23-28-21)22(26)25-14-12-24(13-15-25)11-5-6-18-7-9-19(27-4)10-8-18/h7-10,16H,5-6,11-15H2,1-4H3. The Morgan fingerprint density at radius 1 is 1.18 bits per heavy atom. The SMILES string of the molecule is COc1ccc(CCCN2CCN(C(=O)c3c(C)noc3C(C)C)CC2)cc1. The highest BCUT2D eigenvalue weighted by Gasteiger charge is 2.28. The van der Waals surface area contributed by atoms with Gasteiger partial charge in [-0.15, -0.1) is 0 Å². The molecule has 152 valence electrons. The second-order valence-electron chi connectivity index (χ2n) is 7.75. The highest BCUT2D eigenvalue weighted by Crippen LogP contribution is 2.24. The second-order valence-corrected chi connectivity index (χ2v) is 7.75. The smallest absolute Gasteiger partial charge is 0.259 e. The lowest BCUT2D eigenvalue weighted by atomic mass is 10.0. The summed E-state index contributed by atoms with van der Waals surface area (Å²) in [5.74, 6) is 1.80. The summed E-state index contributed by atoms with van der Waals surface area (Å²) in [5.41, 5.74) is 2.68. The van der Waals surface area contributed by atoms with Crippen molar-refractivity contribution >= 4 is 5.91 Å². The molecule has 0 aliphatic carbocycles. The van der Waals surface area contributed by atoms with Crippen molar-refractivity contribution in [2.24, 2.45) is 0 Å². The molecule has 0 spiro atoms. The fourth-order valence-electron chi connectivity index (χ4n) is 3.67. The van der Waals surface area contributed by atoms with E-state index in [1.807, 2.05) is 37.8 Å². The molecule has 0 atom stereocenters. The molecule has 28 heavy (non-hydrogen) atoms. The van der Waals surface area contributed by atoms with Gasteiger partial charge in [0.2, 0.25) is 0 Å². The van der Waals surface area contributed by atoms with Gasteiger partial charge in [0.05, 0.1) is 12.8 Å². The largest absolute Gasteiger partial charge is 0.497 e. The van der Waals surface area contributed by atoms with Crippen LogP contribution in [-0.4, -0.2) is 60.7 Å². The van der Waals surface area contributed by atoms with Crippen molar-refractivity contribution in [3.05, 3.63) is 46.8 Å². The van der Waals surface area contributed by atoms with E-state index in [1.165, 1.54) is 5.56 Å². The summed E-state index contributed by atoms with van der Waals surface area (Å²) in [4.78, 5) is 17.3. The number of aromatic nitrogens is 1. The van der Waals surface area contributed by atoms with Crippen molar-refractivity contribution in [1.82, 2.24) is 15.0 Å². The molecule has 0 radical (unpaired) electrons. The van der Waals surface area contributed by atoms with Crippen LogP contribution in [0.2, 0.25) is 0 Å². The van der Waals surface area contributed by atoms with Gasteiger partial charge in [0.15, 0.2) is 5.76 Å². The van der Waals surface area contributed by atoms with E-state index in [-0.39, 0.29) is 11.8 Å². The molecule has 1 fully saturated rings. The number of ether oxygens (including phenoxy) is 1. The molecule has 0 saturated carbocycles. The minimum Gasteiger partial charge on any atom is -0.497 e. The minimum absolute atomic E-state index is 0.0559. The maximum atomic E-state index is 13.0. The Balaban J connectivity index is 1.46. The van der Waals surface area contributed by atoms with Crippen LogP contribution in [0.3, 0.4) is 0 Å². The number of carbonyl (C=O) groups excluding carboxylic acids is 1. The molecule has 1 saturated heterocycles. The summed E-state index contributed by atoms with van der Waals surface area (Å²) >= 11 is 0. The molecule has 1 aromatic carbocycles. The summed E-state index contributed by atoms with van der Waals surface area (Å²) < 4.78 is 10.6. The molecule has 1 aromatic heterocycles. The minimum atomic E-state index is 0.0559. The third kappa shape index (κ3) is 4.73. The summed E-state index contributed by atoms with van der Waals surface area (Å²) in [6, 6.07) is 8.28. The van der Waals surface area contributed by atoms with Gasteiger partial charge in [-0.3, -0.25) is 9.69 Å². The quantitative estimate of drug-likeness (QED) is 0.730. The van der Waals surface area contributed by atoms with Crippen molar-refractivity contribution in [2.75, 3.05) is 39.8 Å². The van der Waals surface area contributed by atoms with Gasteiger partial charge >= 0.3 is 0 Å². The van der Waals surface area contributed by atoms with Crippen LogP contribution in [0.25, 0.3) is 0 Å². The number of rotatable bonds is 7. The third-order valence-corrected chi connectivity index (χ3v) is 5.39. The first kappa shape index (κ1) is 20.4. The van der Waals surface area contributed by atoms with Gasteiger partial charge in [-0.2, -0.15) is 0 Å². The van der Waals surface area contributed by atoms with Gasteiger partial charge in [0.1, 0.15) is 11.3 Å². The Morgan fingerprint density at radius 3 is 2.46 bits per heavy atom. The van der Waals surface area contributed by atoms with Gasteiger partial charge in [-0.25, -0.2) is 0 Å². The van der Waals surface area contributed by atoms with Gasteiger partial charge in [0.25, 0.3) is 5.91 Å². The molecule has 2 heterocycles. The molecule has 1 aliphatic rings. The van der Waals surface area contributed by atoms with E-state index in [0.717, 1.165) is 51.3 Å². The molecule has 0 unspecified atom stereocenters. The lowest BCUT2D eigenvalue weighted by Gasteiger charge is -2.34. The number of piperazine rings is 1. The van der Waals surface area contributed by atoms with Gasteiger partial charge in [0, 0.05) is 32.1 Å².